The fraction of sp³-hybridized carbons (Fsp3) is 0.583. The molecule has 2 rings (SSSR count). The van der Waals surface area contributed by atoms with Gasteiger partial charge >= 0.3 is 6.18 Å². The first-order chi connectivity index (χ1) is 9.27. The van der Waals surface area contributed by atoms with Gasteiger partial charge in [-0.05, 0) is 19.5 Å². The second-order valence-electron chi connectivity index (χ2n) is 4.92. The summed E-state index contributed by atoms with van der Waals surface area (Å²) in [6, 6.07) is 0.953. The van der Waals surface area contributed by atoms with Crippen LogP contribution >= 0.6 is 11.6 Å². The molecule has 0 saturated carbocycles. The van der Waals surface area contributed by atoms with Gasteiger partial charge in [0, 0.05) is 25.3 Å². The Morgan fingerprint density at radius 1 is 1.55 bits per heavy atom. The molecule has 0 radical (unpaired) electrons. The molecule has 8 heteroatoms. The van der Waals surface area contributed by atoms with E-state index in [-0.39, 0.29) is 23.0 Å². The number of aliphatic hydroxyl groups is 1. The molecule has 1 saturated heterocycles. The van der Waals surface area contributed by atoms with E-state index >= 15 is 0 Å². The van der Waals surface area contributed by atoms with Crippen LogP contribution in [0.25, 0.3) is 0 Å². The predicted molar refractivity (Wildman–Crippen MR) is 69.8 cm³/mol. The van der Waals surface area contributed by atoms with E-state index in [1.165, 1.54) is 0 Å². The summed E-state index contributed by atoms with van der Waals surface area (Å²) in [6.45, 7) is 1.05. The maximum atomic E-state index is 12.5. The number of aromatic nitrogens is 1. The van der Waals surface area contributed by atoms with Gasteiger partial charge in [0.2, 0.25) is 0 Å². The van der Waals surface area contributed by atoms with Crippen molar-refractivity contribution in [1.82, 2.24) is 9.88 Å². The largest absolute Gasteiger partial charge is 0.417 e. The third-order valence-electron chi connectivity index (χ3n) is 3.34. The number of β-amino-alcohol motifs (C(OH)–C–C–N with tert-alkyl or cyclic N) is 1. The number of likely N-dealkylation sites (tertiary alicyclic amines) is 1. The zero-order valence-electron chi connectivity index (χ0n) is 10.8. The number of hydrogen-bond donors (Lipinski definition) is 2. The van der Waals surface area contributed by atoms with E-state index in [1.54, 1.807) is 0 Å². The molecule has 20 heavy (non-hydrogen) atoms. The Hall–Kier alpha value is -1.05. The van der Waals surface area contributed by atoms with Crippen molar-refractivity contribution in [2.45, 2.75) is 24.7 Å². The molecule has 1 aromatic rings. The van der Waals surface area contributed by atoms with E-state index in [1.807, 2.05) is 11.9 Å². The first kappa shape index (κ1) is 15.3. The maximum Gasteiger partial charge on any atom is 0.417 e. The van der Waals surface area contributed by atoms with Crippen LogP contribution < -0.4 is 5.32 Å². The Bertz CT molecular complexity index is 484. The third kappa shape index (κ3) is 3.53. The van der Waals surface area contributed by atoms with E-state index in [0.29, 0.717) is 19.5 Å². The summed E-state index contributed by atoms with van der Waals surface area (Å²) in [5, 5.41) is 12.4. The van der Waals surface area contributed by atoms with E-state index in [4.69, 9.17) is 11.6 Å². The number of halogens is 4. The van der Waals surface area contributed by atoms with Crippen molar-refractivity contribution < 1.29 is 18.3 Å². The summed E-state index contributed by atoms with van der Waals surface area (Å²) < 4.78 is 37.4. The fourth-order valence-corrected chi connectivity index (χ4v) is 2.46. The van der Waals surface area contributed by atoms with Gasteiger partial charge in [-0.25, -0.2) is 4.98 Å². The van der Waals surface area contributed by atoms with Crippen molar-refractivity contribution in [3.8, 4) is 0 Å². The lowest BCUT2D eigenvalue weighted by atomic mass is 10.2. The first-order valence-corrected chi connectivity index (χ1v) is 6.50. The summed E-state index contributed by atoms with van der Waals surface area (Å²) >= 11 is 5.80. The Balaban J connectivity index is 2.00. The number of aliphatic hydroxyl groups excluding tert-OH is 1. The molecule has 0 aliphatic carbocycles. The fourth-order valence-electron chi connectivity index (χ4n) is 2.23. The molecule has 0 aromatic carbocycles. The lowest BCUT2D eigenvalue weighted by molar-refractivity contribution is -0.137. The molecule has 1 fully saturated rings. The lowest BCUT2D eigenvalue weighted by Gasteiger charge is -2.20. The highest BCUT2D eigenvalue weighted by atomic mass is 35.5. The van der Waals surface area contributed by atoms with Crippen molar-refractivity contribution in [3.63, 3.8) is 0 Å². The van der Waals surface area contributed by atoms with E-state index in [9.17, 15) is 18.3 Å². The molecule has 2 atom stereocenters. The van der Waals surface area contributed by atoms with Gasteiger partial charge in [-0.2, -0.15) is 13.2 Å². The van der Waals surface area contributed by atoms with Crippen LogP contribution in [-0.2, 0) is 6.18 Å². The van der Waals surface area contributed by atoms with Gasteiger partial charge < -0.3 is 10.4 Å². The Morgan fingerprint density at radius 3 is 2.75 bits per heavy atom. The van der Waals surface area contributed by atoms with Crippen molar-refractivity contribution in [1.29, 1.82) is 0 Å². The highest BCUT2D eigenvalue weighted by Gasteiger charge is 2.32. The zero-order chi connectivity index (χ0) is 14.9. The van der Waals surface area contributed by atoms with Gasteiger partial charge in [-0.1, -0.05) is 11.6 Å². The molecule has 2 heterocycles. The molecule has 0 amide bonds. The normalized spacial score (nSPS) is 24.1. The lowest BCUT2D eigenvalue weighted by Crippen LogP contribution is -2.31. The van der Waals surface area contributed by atoms with Crippen LogP contribution in [0, 0.1) is 0 Å². The van der Waals surface area contributed by atoms with E-state index < -0.39 is 11.7 Å². The third-order valence-corrected chi connectivity index (χ3v) is 3.63. The summed E-state index contributed by atoms with van der Waals surface area (Å²) in [6.07, 6.45) is -3.46. The summed E-state index contributed by atoms with van der Waals surface area (Å²) in [4.78, 5) is 5.69. The molecule has 4 nitrogen and oxygen atoms in total. The van der Waals surface area contributed by atoms with Crippen LogP contribution in [0.2, 0.25) is 5.02 Å². The summed E-state index contributed by atoms with van der Waals surface area (Å²) in [5.41, 5.74) is -0.874. The monoisotopic (exact) mass is 309 g/mol. The van der Waals surface area contributed by atoms with Crippen LogP contribution in [0.4, 0.5) is 19.0 Å². The first-order valence-electron chi connectivity index (χ1n) is 6.12. The van der Waals surface area contributed by atoms with E-state index in [2.05, 4.69) is 10.3 Å². The quantitative estimate of drug-likeness (QED) is 0.899. The van der Waals surface area contributed by atoms with Crippen LogP contribution in [0.5, 0.6) is 0 Å². The van der Waals surface area contributed by atoms with Crippen LogP contribution in [0.1, 0.15) is 12.0 Å². The van der Waals surface area contributed by atoms with Crippen LogP contribution in [-0.4, -0.2) is 47.3 Å². The minimum Gasteiger partial charge on any atom is -0.392 e. The average Bonchev–Trinajstić information content (AvgIpc) is 2.65. The number of rotatable bonds is 3. The molecular formula is C12H15ClF3N3O. The average molecular weight is 310 g/mol. The molecule has 1 aliphatic rings. The molecule has 0 bridgehead atoms. The second-order valence-corrected chi connectivity index (χ2v) is 5.32. The number of nitrogens with zero attached hydrogens (tertiary/aromatic N) is 2. The number of nitrogens with one attached hydrogen (secondary N) is 1. The maximum absolute atomic E-state index is 12.5. The highest BCUT2D eigenvalue weighted by molar-refractivity contribution is 6.32. The summed E-state index contributed by atoms with van der Waals surface area (Å²) in [5.74, 6) is 0.217. The standard InChI is InChI=1S/C12H15ClF3N3O/c1-19-6-9(20)3-8(19)5-18-11-10(13)2-7(4-17-11)12(14,15)16/h2,4,8-9,20H,3,5-6H2,1H3,(H,17,18)/t8-,9+/m0/s1. The van der Waals surface area contributed by atoms with Crippen molar-refractivity contribution in [3.05, 3.63) is 22.8 Å². The van der Waals surface area contributed by atoms with E-state index in [0.717, 1.165) is 12.3 Å². The van der Waals surface area contributed by atoms with Crippen molar-refractivity contribution >= 4 is 17.4 Å². The topological polar surface area (TPSA) is 48.4 Å². The molecule has 1 aliphatic heterocycles. The SMILES string of the molecule is CN1C[C@H](O)C[C@H]1CNc1ncc(C(F)(F)F)cc1Cl. The van der Waals surface area contributed by atoms with Gasteiger partial charge in [0.05, 0.1) is 16.7 Å². The molecule has 112 valence electrons. The predicted octanol–water partition coefficient (Wildman–Crippen LogP) is 2.23. The zero-order valence-corrected chi connectivity index (χ0v) is 11.5. The molecular weight excluding hydrogens is 295 g/mol. The van der Waals surface area contributed by atoms with Crippen LogP contribution in [0.3, 0.4) is 0 Å². The Labute approximate surface area is 119 Å². The smallest absolute Gasteiger partial charge is 0.392 e. The van der Waals surface area contributed by atoms with Crippen molar-refractivity contribution in [2.75, 3.05) is 25.5 Å². The van der Waals surface area contributed by atoms with Gasteiger partial charge in [0.1, 0.15) is 5.82 Å². The number of anilines is 1. The minimum atomic E-state index is -4.45. The second kappa shape index (κ2) is 5.75. The Morgan fingerprint density at radius 2 is 2.25 bits per heavy atom. The number of hydrogen-bond acceptors (Lipinski definition) is 4. The summed E-state index contributed by atoms with van der Waals surface area (Å²) in [7, 11) is 1.88. The number of alkyl halides is 3. The Kier molecular flexibility index (Phi) is 4.41. The van der Waals surface area contributed by atoms with Crippen LogP contribution in [0.15, 0.2) is 12.3 Å². The number of likely N-dealkylation sites (N-methyl/N-ethyl adjacent to an activating group) is 1. The van der Waals surface area contributed by atoms with Gasteiger partial charge in [-0.3, -0.25) is 4.90 Å². The van der Waals surface area contributed by atoms with Gasteiger partial charge in [0.25, 0.3) is 0 Å². The van der Waals surface area contributed by atoms with Crippen molar-refractivity contribution in [2.24, 2.45) is 0 Å². The minimum absolute atomic E-state index is 0.0685. The highest BCUT2D eigenvalue weighted by Crippen LogP contribution is 2.32. The molecule has 0 spiro atoms. The number of pyridine rings is 1. The van der Waals surface area contributed by atoms with Gasteiger partial charge in [-0.15, -0.1) is 0 Å². The molecule has 1 aromatic heterocycles. The molecule has 0 unspecified atom stereocenters. The molecule has 2 N–H and O–H groups in total. The van der Waals surface area contributed by atoms with Gasteiger partial charge in [0.15, 0.2) is 0 Å².